The molecule has 0 atom stereocenters. The first-order chi connectivity index (χ1) is 11.0. The standard InChI is InChI=1S/C15H8F2N4O2/c16-8-1-2-9(19)7(5-18)14(8)23-11-4-3-10-12(13(11)17)15(22)21-6-20-10/h1-4,6H,19H2,(H,20,21,22). The van der Waals surface area contributed by atoms with E-state index in [4.69, 9.17) is 15.7 Å². The van der Waals surface area contributed by atoms with Crippen molar-refractivity contribution in [3.8, 4) is 17.6 Å². The van der Waals surface area contributed by atoms with E-state index in [0.717, 1.165) is 12.4 Å². The van der Waals surface area contributed by atoms with Crippen LogP contribution in [-0.4, -0.2) is 9.97 Å². The molecular weight excluding hydrogens is 306 g/mol. The topological polar surface area (TPSA) is 105 Å². The van der Waals surface area contributed by atoms with Crippen molar-refractivity contribution in [3.63, 3.8) is 0 Å². The SMILES string of the molecule is N#Cc1c(N)ccc(F)c1Oc1ccc2nc[nH]c(=O)c2c1F. The number of rotatable bonds is 2. The lowest BCUT2D eigenvalue weighted by atomic mass is 10.1. The molecule has 1 heterocycles. The van der Waals surface area contributed by atoms with E-state index in [2.05, 4.69) is 9.97 Å². The molecule has 0 amide bonds. The van der Waals surface area contributed by atoms with Crippen molar-refractivity contribution >= 4 is 16.6 Å². The number of fused-ring (bicyclic) bond motifs is 1. The average molecular weight is 314 g/mol. The molecule has 0 unspecified atom stereocenters. The van der Waals surface area contributed by atoms with Crippen LogP contribution in [0.1, 0.15) is 5.56 Å². The fourth-order valence-corrected chi connectivity index (χ4v) is 2.08. The highest BCUT2D eigenvalue weighted by atomic mass is 19.1. The molecule has 0 aliphatic carbocycles. The van der Waals surface area contributed by atoms with Gasteiger partial charge in [-0.2, -0.15) is 5.26 Å². The number of nitrogens with one attached hydrogen (secondary N) is 1. The fourth-order valence-electron chi connectivity index (χ4n) is 2.08. The van der Waals surface area contributed by atoms with Crippen molar-refractivity contribution < 1.29 is 13.5 Å². The van der Waals surface area contributed by atoms with Crippen molar-refractivity contribution in [2.75, 3.05) is 5.73 Å². The van der Waals surface area contributed by atoms with E-state index in [1.807, 2.05) is 0 Å². The predicted molar refractivity (Wildman–Crippen MR) is 77.9 cm³/mol. The number of nitrogens with zero attached hydrogens (tertiary/aromatic N) is 2. The highest BCUT2D eigenvalue weighted by Gasteiger charge is 2.18. The van der Waals surface area contributed by atoms with Crippen LogP contribution in [0.15, 0.2) is 35.4 Å². The summed E-state index contributed by atoms with van der Waals surface area (Å²) in [5, 5.41) is 8.73. The minimum absolute atomic E-state index is 0.00962. The van der Waals surface area contributed by atoms with E-state index in [1.54, 1.807) is 6.07 Å². The van der Waals surface area contributed by atoms with Crippen LogP contribution in [0, 0.1) is 23.0 Å². The summed E-state index contributed by atoms with van der Waals surface area (Å²) in [5.74, 6) is -2.82. The summed E-state index contributed by atoms with van der Waals surface area (Å²) in [6, 6.07) is 6.43. The van der Waals surface area contributed by atoms with Gasteiger partial charge in [0.1, 0.15) is 17.0 Å². The van der Waals surface area contributed by atoms with Crippen molar-refractivity contribution in [2.45, 2.75) is 0 Å². The largest absolute Gasteiger partial charge is 0.450 e. The molecule has 2 aromatic carbocycles. The van der Waals surface area contributed by atoms with Gasteiger partial charge in [-0.15, -0.1) is 0 Å². The molecule has 23 heavy (non-hydrogen) atoms. The molecule has 0 saturated heterocycles. The lowest BCUT2D eigenvalue weighted by Gasteiger charge is -2.11. The van der Waals surface area contributed by atoms with Gasteiger partial charge in [-0.1, -0.05) is 0 Å². The number of nitrogens with two attached hydrogens (primary N) is 1. The summed E-state index contributed by atoms with van der Waals surface area (Å²) < 4.78 is 33.5. The molecular formula is C15H8F2N4O2. The van der Waals surface area contributed by atoms with E-state index in [-0.39, 0.29) is 22.2 Å². The quantitative estimate of drug-likeness (QED) is 0.707. The molecule has 0 aliphatic rings. The first kappa shape index (κ1) is 14.5. The monoisotopic (exact) mass is 314 g/mol. The first-order valence-corrected chi connectivity index (χ1v) is 6.34. The van der Waals surface area contributed by atoms with Crippen LogP contribution in [0.5, 0.6) is 11.5 Å². The van der Waals surface area contributed by atoms with Crippen molar-refractivity contribution in [1.29, 1.82) is 5.26 Å². The zero-order chi connectivity index (χ0) is 16.6. The average Bonchev–Trinajstić information content (AvgIpc) is 2.53. The van der Waals surface area contributed by atoms with Gasteiger partial charge < -0.3 is 15.5 Å². The molecule has 8 heteroatoms. The summed E-state index contributed by atoms with van der Waals surface area (Å²) >= 11 is 0. The number of nitrogen functional groups attached to an aromatic ring is 1. The van der Waals surface area contributed by atoms with Gasteiger partial charge in [0, 0.05) is 0 Å². The summed E-state index contributed by atoms with van der Waals surface area (Å²) in [4.78, 5) is 17.8. The number of nitriles is 1. The highest BCUT2D eigenvalue weighted by Crippen LogP contribution is 2.34. The van der Waals surface area contributed by atoms with Crippen LogP contribution in [0.2, 0.25) is 0 Å². The molecule has 0 radical (unpaired) electrons. The Kier molecular flexibility index (Phi) is 3.38. The summed E-state index contributed by atoms with van der Waals surface area (Å²) in [7, 11) is 0. The van der Waals surface area contributed by atoms with E-state index >= 15 is 0 Å². The van der Waals surface area contributed by atoms with Gasteiger partial charge >= 0.3 is 0 Å². The Hall–Kier alpha value is -3.47. The summed E-state index contributed by atoms with van der Waals surface area (Å²) in [6.07, 6.45) is 1.13. The second-order valence-corrected chi connectivity index (χ2v) is 4.56. The van der Waals surface area contributed by atoms with E-state index in [1.165, 1.54) is 18.2 Å². The Morgan fingerprint density at radius 2 is 2.04 bits per heavy atom. The summed E-state index contributed by atoms with van der Waals surface area (Å²) in [5.41, 5.74) is 4.73. The third kappa shape index (κ3) is 2.34. The van der Waals surface area contributed by atoms with Gasteiger partial charge in [-0.3, -0.25) is 4.79 Å². The van der Waals surface area contributed by atoms with Gasteiger partial charge in [-0.05, 0) is 24.3 Å². The molecule has 114 valence electrons. The van der Waals surface area contributed by atoms with Gasteiger partial charge in [0.2, 0.25) is 0 Å². The number of ether oxygens (including phenoxy) is 1. The zero-order valence-corrected chi connectivity index (χ0v) is 11.4. The van der Waals surface area contributed by atoms with Crippen molar-refractivity contribution in [3.05, 3.63) is 58.1 Å². The molecule has 6 nitrogen and oxygen atoms in total. The number of hydrogen-bond donors (Lipinski definition) is 2. The molecule has 0 aliphatic heterocycles. The highest BCUT2D eigenvalue weighted by molar-refractivity contribution is 5.80. The molecule has 0 saturated carbocycles. The molecule has 3 aromatic rings. The Labute approximate surface area is 127 Å². The van der Waals surface area contributed by atoms with E-state index < -0.39 is 28.7 Å². The Morgan fingerprint density at radius 3 is 2.78 bits per heavy atom. The predicted octanol–water partition coefficient (Wildman–Crippen LogP) is 2.45. The first-order valence-electron chi connectivity index (χ1n) is 6.34. The van der Waals surface area contributed by atoms with Crippen LogP contribution in [0.25, 0.3) is 10.9 Å². The van der Waals surface area contributed by atoms with E-state index in [9.17, 15) is 13.6 Å². The van der Waals surface area contributed by atoms with Crippen LogP contribution in [0.3, 0.4) is 0 Å². The lowest BCUT2D eigenvalue weighted by molar-refractivity contribution is 0.416. The van der Waals surface area contributed by atoms with E-state index in [0.29, 0.717) is 0 Å². The number of benzene rings is 2. The van der Waals surface area contributed by atoms with Crippen LogP contribution >= 0.6 is 0 Å². The number of aromatic nitrogens is 2. The number of H-pyrrole nitrogens is 1. The minimum Gasteiger partial charge on any atom is -0.450 e. The maximum absolute atomic E-state index is 14.5. The van der Waals surface area contributed by atoms with Crippen molar-refractivity contribution in [1.82, 2.24) is 9.97 Å². The van der Waals surface area contributed by atoms with Gasteiger partial charge in [0.05, 0.1) is 17.5 Å². The third-order valence-corrected chi connectivity index (χ3v) is 3.18. The van der Waals surface area contributed by atoms with Crippen LogP contribution < -0.4 is 16.0 Å². The number of aromatic amines is 1. The van der Waals surface area contributed by atoms with Gasteiger partial charge in [0.15, 0.2) is 23.1 Å². The third-order valence-electron chi connectivity index (χ3n) is 3.18. The molecule has 3 N–H and O–H groups in total. The van der Waals surface area contributed by atoms with Crippen LogP contribution in [0.4, 0.5) is 14.5 Å². The number of hydrogen-bond acceptors (Lipinski definition) is 5. The van der Waals surface area contributed by atoms with Crippen LogP contribution in [-0.2, 0) is 0 Å². The zero-order valence-electron chi connectivity index (χ0n) is 11.4. The second kappa shape index (κ2) is 5.38. The number of anilines is 1. The minimum atomic E-state index is -1.01. The Bertz CT molecular complexity index is 1020. The van der Waals surface area contributed by atoms with Gasteiger partial charge in [0.25, 0.3) is 5.56 Å². The molecule has 0 bridgehead atoms. The fraction of sp³-hybridized carbons (Fsp3) is 0. The molecule has 1 aromatic heterocycles. The normalized spacial score (nSPS) is 10.5. The summed E-state index contributed by atoms with van der Waals surface area (Å²) in [6.45, 7) is 0. The maximum Gasteiger partial charge on any atom is 0.261 e. The maximum atomic E-state index is 14.5. The lowest BCUT2D eigenvalue weighted by Crippen LogP contribution is -2.09. The smallest absolute Gasteiger partial charge is 0.261 e. The molecule has 0 fully saturated rings. The van der Waals surface area contributed by atoms with Gasteiger partial charge in [-0.25, -0.2) is 13.8 Å². The van der Waals surface area contributed by atoms with Crippen molar-refractivity contribution in [2.24, 2.45) is 0 Å². The number of halogens is 2. The molecule has 3 rings (SSSR count). The molecule has 0 spiro atoms. The Balaban J connectivity index is 2.20. The second-order valence-electron chi connectivity index (χ2n) is 4.56. The Morgan fingerprint density at radius 1 is 1.26 bits per heavy atom.